The molecule has 7 heteroatoms. The molecule has 1 heterocycles. The zero-order chi connectivity index (χ0) is 19.9. The van der Waals surface area contributed by atoms with E-state index in [9.17, 15) is 9.59 Å². The van der Waals surface area contributed by atoms with Crippen LogP contribution in [0.1, 0.15) is 18.4 Å². The van der Waals surface area contributed by atoms with Crippen molar-refractivity contribution in [2.24, 2.45) is 0 Å². The third-order valence-electron chi connectivity index (χ3n) is 4.77. The molecule has 1 aliphatic rings. The number of likely N-dealkylation sites (tertiary alicyclic amines) is 1. The third-order valence-corrected chi connectivity index (χ3v) is 4.77. The van der Waals surface area contributed by atoms with E-state index in [4.69, 9.17) is 9.47 Å². The van der Waals surface area contributed by atoms with Crippen molar-refractivity contribution >= 4 is 17.6 Å². The Morgan fingerprint density at radius 2 is 1.89 bits per heavy atom. The van der Waals surface area contributed by atoms with Crippen molar-refractivity contribution in [2.75, 3.05) is 26.1 Å². The van der Waals surface area contributed by atoms with E-state index in [0.29, 0.717) is 36.7 Å². The molecule has 1 saturated heterocycles. The van der Waals surface area contributed by atoms with Crippen molar-refractivity contribution in [3.8, 4) is 11.5 Å². The Hall–Kier alpha value is -3.22. The van der Waals surface area contributed by atoms with Gasteiger partial charge in [0, 0.05) is 19.2 Å². The number of benzene rings is 2. The van der Waals surface area contributed by atoms with Crippen molar-refractivity contribution in [3.05, 3.63) is 54.1 Å². The number of carbonyl (C=O) groups is 2. The first-order chi connectivity index (χ1) is 13.6. The summed E-state index contributed by atoms with van der Waals surface area (Å²) in [5.41, 5.74) is 1.53. The molecule has 1 fully saturated rings. The number of ether oxygens (including phenoxy) is 2. The number of carbonyl (C=O) groups excluding carboxylic acids is 2. The number of anilines is 1. The van der Waals surface area contributed by atoms with Gasteiger partial charge < -0.3 is 25.0 Å². The maximum absolute atomic E-state index is 12.8. The van der Waals surface area contributed by atoms with Crippen molar-refractivity contribution in [1.82, 2.24) is 10.2 Å². The molecule has 0 saturated carbocycles. The average molecular weight is 383 g/mol. The fraction of sp³-hybridized carbons (Fsp3) is 0.333. The van der Waals surface area contributed by atoms with Crippen molar-refractivity contribution < 1.29 is 19.1 Å². The second kappa shape index (κ2) is 9.12. The molecule has 0 aromatic heterocycles. The summed E-state index contributed by atoms with van der Waals surface area (Å²) in [6, 6.07) is 14.1. The molecule has 2 N–H and O–H groups in total. The van der Waals surface area contributed by atoms with E-state index >= 15 is 0 Å². The lowest BCUT2D eigenvalue weighted by atomic mass is 10.2. The SMILES string of the molecule is COc1ccc(OC)c(NC(=O)[C@H]2CCCN2C(=O)NCc2ccccc2)c1. The van der Waals surface area contributed by atoms with Gasteiger partial charge in [-0.25, -0.2) is 4.79 Å². The Morgan fingerprint density at radius 3 is 2.61 bits per heavy atom. The maximum Gasteiger partial charge on any atom is 0.318 e. The number of hydrogen-bond donors (Lipinski definition) is 2. The van der Waals surface area contributed by atoms with E-state index in [1.807, 2.05) is 30.3 Å². The van der Waals surface area contributed by atoms with Crippen LogP contribution in [0.4, 0.5) is 10.5 Å². The number of rotatable bonds is 6. The average Bonchev–Trinajstić information content (AvgIpc) is 3.23. The minimum absolute atomic E-state index is 0.237. The number of methoxy groups -OCH3 is 2. The molecule has 2 aromatic carbocycles. The maximum atomic E-state index is 12.8. The Bertz CT molecular complexity index is 826. The van der Waals surface area contributed by atoms with E-state index < -0.39 is 6.04 Å². The smallest absolute Gasteiger partial charge is 0.318 e. The molecule has 7 nitrogen and oxygen atoms in total. The normalized spacial score (nSPS) is 15.8. The van der Waals surface area contributed by atoms with Gasteiger partial charge in [-0.3, -0.25) is 4.79 Å². The van der Waals surface area contributed by atoms with Gasteiger partial charge in [0.25, 0.3) is 0 Å². The van der Waals surface area contributed by atoms with Gasteiger partial charge in [0.15, 0.2) is 0 Å². The highest BCUT2D eigenvalue weighted by Crippen LogP contribution is 2.30. The highest BCUT2D eigenvalue weighted by Gasteiger charge is 2.34. The van der Waals surface area contributed by atoms with Crippen molar-refractivity contribution in [1.29, 1.82) is 0 Å². The topological polar surface area (TPSA) is 79.9 Å². The van der Waals surface area contributed by atoms with Crippen LogP contribution >= 0.6 is 0 Å². The van der Waals surface area contributed by atoms with Gasteiger partial charge in [0.2, 0.25) is 5.91 Å². The number of nitrogens with zero attached hydrogens (tertiary/aromatic N) is 1. The van der Waals surface area contributed by atoms with E-state index in [0.717, 1.165) is 12.0 Å². The van der Waals surface area contributed by atoms with Crippen LogP contribution in [-0.2, 0) is 11.3 Å². The number of hydrogen-bond acceptors (Lipinski definition) is 4. The summed E-state index contributed by atoms with van der Waals surface area (Å²) >= 11 is 0. The fourth-order valence-corrected chi connectivity index (χ4v) is 3.29. The summed E-state index contributed by atoms with van der Waals surface area (Å²) < 4.78 is 10.5. The molecule has 0 bridgehead atoms. The zero-order valence-corrected chi connectivity index (χ0v) is 16.1. The molecule has 2 aromatic rings. The molecule has 0 spiro atoms. The van der Waals surface area contributed by atoms with E-state index in [1.54, 1.807) is 30.2 Å². The van der Waals surface area contributed by atoms with Gasteiger partial charge in [0.1, 0.15) is 17.5 Å². The molecule has 1 atom stereocenters. The molecule has 3 rings (SSSR count). The summed E-state index contributed by atoms with van der Waals surface area (Å²) in [7, 11) is 3.10. The minimum atomic E-state index is -0.522. The van der Waals surface area contributed by atoms with Crippen LogP contribution in [0.2, 0.25) is 0 Å². The third kappa shape index (κ3) is 4.54. The molecule has 1 aliphatic heterocycles. The van der Waals surface area contributed by atoms with Gasteiger partial charge in [-0.2, -0.15) is 0 Å². The zero-order valence-electron chi connectivity index (χ0n) is 16.1. The first kappa shape index (κ1) is 19.5. The minimum Gasteiger partial charge on any atom is -0.497 e. The highest BCUT2D eigenvalue weighted by molar-refractivity contribution is 5.98. The van der Waals surface area contributed by atoms with Crippen LogP contribution in [0.3, 0.4) is 0 Å². The first-order valence-corrected chi connectivity index (χ1v) is 9.23. The highest BCUT2D eigenvalue weighted by atomic mass is 16.5. The Balaban J connectivity index is 1.65. The molecular formula is C21H25N3O4. The second-order valence-electron chi connectivity index (χ2n) is 6.55. The number of nitrogens with one attached hydrogen (secondary N) is 2. The summed E-state index contributed by atoms with van der Waals surface area (Å²) in [6.07, 6.45) is 1.41. The Morgan fingerprint density at radius 1 is 1.11 bits per heavy atom. The van der Waals surface area contributed by atoms with Crippen LogP contribution in [0.15, 0.2) is 48.5 Å². The summed E-state index contributed by atoms with van der Waals surface area (Å²) in [4.78, 5) is 27.0. The van der Waals surface area contributed by atoms with Crippen molar-refractivity contribution in [2.45, 2.75) is 25.4 Å². The lowest BCUT2D eigenvalue weighted by Crippen LogP contribution is -2.47. The molecular weight excluding hydrogens is 358 g/mol. The molecule has 3 amide bonds. The lowest BCUT2D eigenvalue weighted by molar-refractivity contribution is -0.119. The quantitative estimate of drug-likeness (QED) is 0.804. The van der Waals surface area contributed by atoms with Crippen LogP contribution in [0.25, 0.3) is 0 Å². The second-order valence-corrected chi connectivity index (χ2v) is 6.55. The lowest BCUT2D eigenvalue weighted by Gasteiger charge is -2.24. The molecule has 0 aliphatic carbocycles. The van der Waals surface area contributed by atoms with Crippen LogP contribution in [-0.4, -0.2) is 43.6 Å². The van der Waals surface area contributed by atoms with E-state index in [-0.39, 0.29) is 11.9 Å². The summed E-state index contributed by atoms with van der Waals surface area (Å²) in [5.74, 6) is 0.908. The fourth-order valence-electron chi connectivity index (χ4n) is 3.29. The van der Waals surface area contributed by atoms with Crippen LogP contribution in [0, 0.1) is 0 Å². The van der Waals surface area contributed by atoms with Gasteiger partial charge in [-0.1, -0.05) is 30.3 Å². The van der Waals surface area contributed by atoms with Crippen molar-refractivity contribution in [3.63, 3.8) is 0 Å². The first-order valence-electron chi connectivity index (χ1n) is 9.23. The number of amides is 3. The van der Waals surface area contributed by atoms with Crippen LogP contribution in [0.5, 0.6) is 11.5 Å². The van der Waals surface area contributed by atoms with E-state index in [2.05, 4.69) is 10.6 Å². The predicted molar refractivity (Wildman–Crippen MR) is 107 cm³/mol. The molecule has 148 valence electrons. The molecule has 0 radical (unpaired) electrons. The van der Waals surface area contributed by atoms with Gasteiger partial charge in [0.05, 0.1) is 19.9 Å². The number of urea groups is 1. The summed E-state index contributed by atoms with van der Waals surface area (Å²) in [5, 5.41) is 5.76. The standard InChI is InChI=1S/C21H25N3O4/c1-27-16-10-11-19(28-2)17(13-16)23-20(25)18-9-6-12-24(18)21(26)22-14-15-7-4-3-5-8-15/h3-5,7-8,10-11,13,18H,6,9,12,14H2,1-2H3,(H,22,26)(H,23,25)/t18-/m1/s1. The van der Waals surface area contributed by atoms with E-state index in [1.165, 1.54) is 7.11 Å². The molecule has 28 heavy (non-hydrogen) atoms. The Labute approximate surface area is 164 Å². The van der Waals surface area contributed by atoms with Gasteiger partial charge in [-0.05, 0) is 30.5 Å². The van der Waals surface area contributed by atoms with Crippen LogP contribution < -0.4 is 20.1 Å². The molecule has 0 unspecified atom stereocenters. The Kier molecular flexibility index (Phi) is 6.37. The summed E-state index contributed by atoms with van der Waals surface area (Å²) in [6.45, 7) is 0.974. The monoisotopic (exact) mass is 383 g/mol. The predicted octanol–water partition coefficient (Wildman–Crippen LogP) is 3.02. The van der Waals surface area contributed by atoms with Gasteiger partial charge in [-0.15, -0.1) is 0 Å². The van der Waals surface area contributed by atoms with Gasteiger partial charge >= 0.3 is 6.03 Å². The largest absolute Gasteiger partial charge is 0.497 e.